The van der Waals surface area contributed by atoms with Gasteiger partial charge in [-0.25, -0.2) is 0 Å². The van der Waals surface area contributed by atoms with Crippen molar-refractivity contribution in [3.8, 4) is 17.2 Å². The lowest BCUT2D eigenvalue weighted by molar-refractivity contribution is 0.101. The Morgan fingerprint density at radius 1 is 1.23 bits per heavy atom. The van der Waals surface area contributed by atoms with Crippen LogP contribution in [0.1, 0.15) is 17.3 Å². The van der Waals surface area contributed by atoms with E-state index in [-0.39, 0.29) is 11.5 Å². The lowest BCUT2D eigenvalue weighted by Gasteiger charge is -2.12. The fourth-order valence-corrected chi connectivity index (χ4v) is 2.68. The van der Waals surface area contributed by atoms with Crippen molar-refractivity contribution in [2.24, 2.45) is 0 Å². The quantitative estimate of drug-likeness (QED) is 0.737. The number of carbonyl (C=O) groups is 1. The molecule has 0 unspecified atom stereocenters. The minimum absolute atomic E-state index is 0.0685. The van der Waals surface area contributed by atoms with Crippen molar-refractivity contribution in [3.05, 3.63) is 53.2 Å². The molecule has 0 saturated heterocycles. The molecule has 1 N–H and O–H groups in total. The number of ketones is 1. The van der Waals surface area contributed by atoms with Crippen molar-refractivity contribution in [2.75, 3.05) is 7.11 Å². The van der Waals surface area contributed by atoms with Crippen LogP contribution in [0.25, 0.3) is 16.6 Å². The molecule has 1 heterocycles. The van der Waals surface area contributed by atoms with Gasteiger partial charge in [0, 0.05) is 22.0 Å². The van der Waals surface area contributed by atoms with Gasteiger partial charge in [0.25, 0.3) is 0 Å². The van der Waals surface area contributed by atoms with Gasteiger partial charge >= 0.3 is 0 Å². The summed E-state index contributed by atoms with van der Waals surface area (Å²) in [5, 5.41) is 11.3. The average Bonchev–Trinajstić information content (AvgIpc) is 2.82. The molecular formula is C17H14ClNO3. The molecule has 1 aromatic heterocycles. The molecule has 5 heteroatoms. The number of hydrogen-bond donors (Lipinski definition) is 1. The third-order valence-corrected chi connectivity index (χ3v) is 3.83. The summed E-state index contributed by atoms with van der Waals surface area (Å²) >= 11 is 6.06. The summed E-state index contributed by atoms with van der Waals surface area (Å²) in [6.07, 6.45) is 1.57. The van der Waals surface area contributed by atoms with Gasteiger partial charge < -0.3 is 14.4 Å². The summed E-state index contributed by atoms with van der Waals surface area (Å²) in [7, 11) is 1.56. The van der Waals surface area contributed by atoms with Crippen LogP contribution < -0.4 is 4.74 Å². The van der Waals surface area contributed by atoms with Crippen molar-refractivity contribution < 1.29 is 14.6 Å². The zero-order valence-electron chi connectivity index (χ0n) is 12.1. The number of fused-ring (bicyclic) bond motifs is 1. The molecule has 112 valence electrons. The molecular weight excluding hydrogens is 302 g/mol. The Morgan fingerprint density at radius 2 is 2.00 bits per heavy atom. The molecule has 22 heavy (non-hydrogen) atoms. The van der Waals surface area contributed by atoms with Crippen LogP contribution in [0.5, 0.6) is 11.5 Å². The van der Waals surface area contributed by atoms with E-state index < -0.39 is 0 Å². The predicted octanol–water partition coefficient (Wildman–Crippen LogP) is 4.20. The highest BCUT2D eigenvalue weighted by atomic mass is 35.5. The Labute approximate surface area is 132 Å². The Hall–Kier alpha value is -2.46. The zero-order chi connectivity index (χ0) is 15.9. The number of aromatic hydroxyl groups is 1. The van der Waals surface area contributed by atoms with Crippen molar-refractivity contribution in [1.29, 1.82) is 0 Å². The smallest absolute Gasteiger partial charge is 0.161 e. The van der Waals surface area contributed by atoms with Crippen molar-refractivity contribution in [3.63, 3.8) is 0 Å². The number of carbonyl (C=O) groups excluding carboxylic acids is 1. The first-order chi connectivity index (χ1) is 10.5. The first kappa shape index (κ1) is 14.5. The van der Waals surface area contributed by atoms with Crippen LogP contribution in [0.15, 0.2) is 42.6 Å². The largest absolute Gasteiger partial charge is 0.506 e. The molecule has 0 aliphatic carbocycles. The molecule has 0 aliphatic rings. The fraction of sp³-hybridized carbons (Fsp3) is 0.118. The van der Waals surface area contributed by atoms with Gasteiger partial charge in [0.05, 0.1) is 24.5 Å². The van der Waals surface area contributed by atoms with Gasteiger partial charge in [-0.1, -0.05) is 11.6 Å². The van der Waals surface area contributed by atoms with E-state index in [0.29, 0.717) is 27.4 Å². The summed E-state index contributed by atoms with van der Waals surface area (Å²) in [6.45, 7) is 1.50. The van der Waals surface area contributed by atoms with Crippen molar-refractivity contribution in [1.82, 2.24) is 4.57 Å². The van der Waals surface area contributed by atoms with Crippen molar-refractivity contribution in [2.45, 2.75) is 6.92 Å². The zero-order valence-corrected chi connectivity index (χ0v) is 12.9. The number of nitrogens with zero attached hydrogens (tertiary/aromatic N) is 1. The highest BCUT2D eigenvalue weighted by molar-refractivity contribution is 6.31. The van der Waals surface area contributed by atoms with E-state index in [1.807, 2.05) is 0 Å². The van der Waals surface area contributed by atoms with Crippen LogP contribution in [-0.2, 0) is 0 Å². The maximum absolute atomic E-state index is 11.9. The van der Waals surface area contributed by atoms with E-state index in [2.05, 4.69) is 0 Å². The second kappa shape index (κ2) is 5.39. The van der Waals surface area contributed by atoms with Gasteiger partial charge in [-0.15, -0.1) is 0 Å². The highest BCUT2D eigenvalue weighted by Crippen LogP contribution is 2.33. The van der Waals surface area contributed by atoms with Gasteiger partial charge in [0.2, 0.25) is 0 Å². The Kier molecular flexibility index (Phi) is 3.54. The summed E-state index contributed by atoms with van der Waals surface area (Å²) in [6, 6.07) is 10.4. The fourth-order valence-electron chi connectivity index (χ4n) is 2.52. The molecule has 0 bridgehead atoms. The van der Waals surface area contributed by atoms with Crippen LogP contribution in [0, 0.1) is 0 Å². The van der Waals surface area contributed by atoms with Gasteiger partial charge in [-0.3, -0.25) is 4.79 Å². The Morgan fingerprint density at radius 3 is 2.68 bits per heavy atom. The number of ether oxygens (including phenoxy) is 1. The topological polar surface area (TPSA) is 51.5 Å². The summed E-state index contributed by atoms with van der Waals surface area (Å²) < 4.78 is 6.99. The third-order valence-electron chi connectivity index (χ3n) is 3.59. The second-order valence-electron chi connectivity index (χ2n) is 4.99. The van der Waals surface area contributed by atoms with Gasteiger partial charge in [0.1, 0.15) is 11.5 Å². The Balaban J connectivity index is 2.35. The van der Waals surface area contributed by atoms with Crippen molar-refractivity contribution >= 4 is 28.3 Å². The molecule has 0 atom stereocenters. The number of rotatable bonds is 3. The molecule has 0 fully saturated rings. The number of hydrogen-bond acceptors (Lipinski definition) is 3. The predicted molar refractivity (Wildman–Crippen MR) is 86.5 cm³/mol. The minimum atomic E-state index is -0.0685. The number of aromatic nitrogens is 1. The summed E-state index contributed by atoms with van der Waals surface area (Å²) in [5.41, 5.74) is 1.90. The molecule has 0 amide bonds. The van der Waals surface area contributed by atoms with E-state index in [9.17, 15) is 9.90 Å². The standard InChI is InChI=1S/C17H14ClNO3/c1-10(20)13-6-4-12(22-2)8-16(13)19-9-17(21)14-5-3-11(18)7-15(14)19/h3-9,21H,1-2H3. The molecule has 2 aromatic carbocycles. The van der Waals surface area contributed by atoms with Crippen LogP contribution in [0.3, 0.4) is 0 Å². The molecule has 0 radical (unpaired) electrons. The first-order valence-corrected chi connectivity index (χ1v) is 7.08. The molecule has 0 aliphatic heterocycles. The van der Waals surface area contributed by atoms with Crippen LogP contribution in [0.4, 0.5) is 0 Å². The van der Waals surface area contributed by atoms with Gasteiger partial charge in [-0.05, 0) is 37.3 Å². The Bertz CT molecular complexity index is 883. The lowest BCUT2D eigenvalue weighted by Crippen LogP contribution is -2.03. The molecule has 0 spiro atoms. The van der Waals surface area contributed by atoms with E-state index in [1.165, 1.54) is 6.92 Å². The van der Waals surface area contributed by atoms with Crippen LogP contribution >= 0.6 is 11.6 Å². The maximum Gasteiger partial charge on any atom is 0.161 e. The first-order valence-electron chi connectivity index (χ1n) is 6.70. The number of methoxy groups -OCH3 is 1. The summed E-state index contributed by atoms with van der Waals surface area (Å²) in [4.78, 5) is 11.9. The summed E-state index contributed by atoms with van der Waals surface area (Å²) in [5.74, 6) is 0.688. The van der Waals surface area contributed by atoms with Crippen LogP contribution in [-0.4, -0.2) is 22.6 Å². The monoisotopic (exact) mass is 315 g/mol. The lowest BCUT2D eigenvalue weighted by atomic mass is 10.1. The normalized spacial score (nSPS) is 10.9. The van der Waals surface area contributed by atoms with E-state index in [1.54, 1.807) is 54.3 Å². The van der Waals surface area contributed by atoms with Crippen LogP contribution in [0.2, 0.25) is 5.02 Å². The molecule has 4 nitrogen and oxygen atoms in total. The van der Waals surface area contributed by atoms with Gasteiger partial charge in [0.15, 0.2) is 5.78 Å². The SMILES string of the molecule is COc1ccc(C(C)=O)c(-n2cc(O)c3ccc(Cl)cc32)c1. The maximum atomic E-state index is 11.9. The van der Waals surface area contributed by atoms with E-state index in [0.717, 1.165) is 5.52 Å². The highest BCUT2D eigenvalue weighted by Gasteiger charge is 2.15. The van der Waals surface area contributed by atoms with E-state index >= 15 is 0 Å². The molecule has 3 aromatic rings. The second-order valence-corrected chi connectivity index (χ2v) is 5.42. The number of Topliss-reactive ketones (excluding diaryl/α,β-unsaturated/α-hetero) is 1. The third kappa shape index (κ3) is 2.31. The number of halogens is 1. The van der Waals surface area contributed by atoms with E-state index in [4.69, 9.17) is 16.3 Å². The number of benzene rings is 2. The molecule has 3 rings (SSSR count). The minimum Gasteiger partial charge on any atom is -0.506 e. The average molecular weight is 316 g/mol. The molecule has 0 saturated carbocycles. The van der Waals surface area contributed by atoms with Gasteiger partial charge in [-0.2, -0.15) is 0 Å².